The van der Waals surface area contributed by atoms with Gasteiger partial charge in [0, 0.05) is 0 Å². The van der Waals surface area contributed by atoms with Gasteiger partial charge in [-0.2, -0.15) is 0 Å². The standard InChI is InChI=1S/C40H78O6.Na.H/c1-3-5-7-9-11-13-15-17-19-21-23-25-27-29-31-33-35-45-39(43)37(41)38(42)40(44)46-36-34-32-30-28-26-24-22-20-18-16-14-12-10-8-6-4-2;;/h37-38,41-42H,3-36H2,1-2H3;;. The third-order valence-electron chi connectivity index (χ3n) is 9.27. The van der Waals surface area contributed by atoms with E-state index in [4.69, 9.17) is 9.47 Å². The van der Waals surface area contributed by atoms with Crippen molar-refractivity contribution < 1.29 is 29.3 Å². The number of hydrogen-bond acceptors (Lipinski definition) is 6. The van der Waals surface area contributed by atoms with Crippen LogP contribution in [0.4, 0.5) is 0 Å². The fourth-order valence-corrected chi connectivity index (χ4v) is 6.07. The molecular weight excluding hydrogens is 599 g/mol. The van der Waals surface area contributed by atoms with E-state index in [1.54, 1.807) is 0 Å². The van der Waals surface area contributed by atoms with E-state index in [1.807, 2.05) is 0 Å². The van der Waals surface area contributed by atoms with E-state index in [0.29, 0.717) is 0 Å². The molecule has 0 saturated carbocycles. The zero-order valence-corrected chi connectivity index (χ0v) is 30.7. The average molecular weight is 679 g/mol. The van der Waals surface area contributed by atoms with Gasteiger partial charge >= 0.3 is 41.5 Å². The van der Waals surface area contributed by atoms with Crippen molar-refractivity contribution in [2.75, 3.05) is 13.2 Å². The van der Waals surface area contributed by atoms with Crippen LogP contribution in [0.2, 0.25) is 0 Å². The summed E-state index contributed by atoms with van der Waals surface area (Å²) in [7, 11) is 0. The minimum atomic E-state index is -1.90. The maximum atomic E-state index is 12.0. The first-order chi connectivity index (χ1) is 22.5. The maximum absolute atomic E-state index is 12.0. The Labute approximate surface area is 314 Å². The van der Waals surface area contributed by atoms with Crippen LogP contribution in [0, 0.1) is 0 Å². The topological polar surface area (TPSA) is 93.1 Å². The summed E-state index contributed by atoms with van der Waals surface area (Å²) in [6.45, 7) is 4.91. The number of esters is 2. The molecule has 0 rings (SSSR count). The Morgan fingerprint density at radius 3 is 0.723 bits per heavy atom. The Balaban J connectivity index is 0. The summed E-state index contributed by atoms with van der Waals surface area (Å²) >= 11 is 0. The molecule has 2 unspecified atom stereocenters. The number of hydrogen-bond donors (Lipinski definition) is 2. The predicted molar refractivity (Wildman–Crippen MR) is 200 cm³/mol. The first-order valence-corrected chi connectivity index (χ1v) is 20.2. The van der Waals surface area contributed by atoms with Gasteiger partial charge in [-0.05, 0) is 12.8 Å². The molecule has 0 aromatic heterocycles. The molecule has 0 saturated heterocycles. The van der Waals surface area contributed by atoms with Crippen LogP contribution in [0.15, 0.2) is 0 Å². The van der Waals surface area contributed by atoms with Crippen LogP contribution >= 0.6 is 0 Å². The van der Waals surface area contributed by atoms with Gasteiger partial charge in [0.1, 0.15) is 0 Å². The van der Waals surface area contributed by atoms with Gasteiger partial charge in [0.05, 0.1) is 13.2 Å². The molecule has 0 aromatic rings. The zero-order valence-electron chi connectivity index (χ0n) is 30.7. The third kappa shape index (κ3) is 35.5. The predicted octanol–water partition coefficient (Wildman–Crippen LogP) is 10.7. The number of rotatable bonds is 37. The van der Waals surface area contributed by atoms with Crippen molar-refractivity contribution in [3.05, 3.63) is 0 Å². The molecular formula is C40H79NaO6. The number of carbonyl (C=O) groups excluding carboxylic acids is 2. The summed E-state index contributed by atoms with van der Waals surface area (Å²) in [4.78, 5) is 24.1. The normalized spacial score (nSPS) is 12.4. The molecule has 0 spiro atoms. The molecule has 0 aliphatic carbocycles. The Morgan fingerprint density at radius 2 is 0.532 bits per heavy atom. The van der Waals surface area contributed by atoms with Gasteiger partial charge in [-0.25, -0.2) is 9.59 Å². The second-order valence-electron chi connectivity index (χ2n) is 13.8. The van der Waals surface area contributed by atoms with Gasteiger partial charge in [0.2, 0.25) is 0 Å². The van der Waals surface area contributed by atoms with Crippen LogP contribution in [-0.2, 0) is 19.1 Å². The van der Waals surface area contributed by atoms with E-state index in [1.165, 1.54) is 167 Å². The van der Waals surface area contributed by atoms with Crippen molar-refractivity contribution in [3.8, 4) is 0 Å². The Kier molecular flexibility index (Phi) is 42.0. The minimum absolute atomic E-state index is 0. The van der Waals surface area contributed by atoms with E-state index < -0.39 is 24.1 Å². The molecule has 0 radical (unpaired) electrons. The second-order valence-corrected chi connectivity index (χ2v) is 13.8. The van der Waals surface area contributed by atoms with E-state index >= 15 is 0 Å². The fourth-order valence-electron chi connectivity index (χ4n) is 6.07. The van der Waals surface area contributed by atoms with E-state index in [-0.39, 0.29) is 42.8 Å². The number of unbranched alkanes of at least 4 members (excludes halogenated alkanes) is 30. The average Bonchev–Trinajstić information content (AvgIpc) is 3.06. The van der Waals surface area contributed by atoms with Gasteiger partial charge in [-0.1, -0.05) is 206 Å². The SMILES string of the molecule is CCCCCCCCCCCCCCCCCCOC(=O)C(O)C(O)C(=O)OCCCCCCCCCCCCCCCCCC.[NaH]. The molecule has 0 fully saturated rings. The van der Waals surface area contributed by atoms with Crippen molar-refractivity contribution in [2.24, 2.45) is 0 Å². The summed E-state index contributed by atoms with van der Waals surface area (Å²) in [5.74, 6) is -1.93. The summed E-state index contributed by atoms with van der Waals surface area (Å²) in [5, 5.41) is 20.0. The molecule has 0 bridgehead atoms. The van der Waals surface area contributed by atoms with E-state index in [2.05, 4.69) is 13.8 Å². The molecule has 47 heavy (non-hydrogen) atoms. The quantitative estimate of drug-likeness (QED) is 0.0386. The molecule has 2 atom stereocenters. The van der Waals surface area contributed by atoms with Crippen LogP contribution in [-0.4, -0.2) is 77.1 Å². The van der Waals surface area contributed by atoms with Crippen LogP contribution in [0.5, 0.6) is 0 Å². The van der Waals surface area contributed by atoms with Crippen molar-refractivity contribution in [3.63, 3.8) is 0 Å². The Bertz CT molecular complexity index is 592. The Morgan fingerprint density at radius 1 is 0.362 bits per heavy atom. The summed E-state index contributed by atoms with van der Waals surface area (Å²) in [6, 6.07) is 0. The van der Waals surface area contributed by atoms with Crippen molar-refractivity contribution in [1.82, 2.24) is 0 Å². The fraction of sp³-hybridized carbons (Fsp3) is 0.950. The van der Waals surface area contributed by atoms with Crippen molar-refractivity contribution in [1.29, 1.82) is 0 Å². The van der Waals surface area contributed by atoms with Gasteiger partial charge in [-0.15, -0.1) is 0 Å². The molecule has 276 valence electrons. The summed E-state index contributed by atoms with van der Waals surface area (Å²) in [6.07, 6.45) is 36.8. The third-order valence-corrected chi connectivity index (χ3v) is 9.27. The molecule has 0 heterocycles. The van der Waals surface area contributed by atoms with E-state index in [9.17, 15) is 19.8 Å². The zero-order chi connectivity index (χ0) is 33.8. The Hall–Kier alpha value is -0.140. The summed E-state index contributed by atoms with van der Waals surface area (Å²) in [5.41, 5.74) is 0. The van der Waals surface area contributed by atoms with Crippen molar-refractivity contribution in [2.45, 2.75) is 232 Å². The van der Waals surface area contributed by atoms with Crippen molar-refractivity contribution >= 4 is 41.5 Å². The van der Waals surface area contributed by atoms with Gasteiger partial charge in [-0.3, -0.25) is 0 Å². The van der Waals surface area contributed by atoms with Gasteiger partial charge in [0.15, 0.2) is 12.2 Å². The van der Waals surface area contributed by atoms with Gasteiger partial charge < -0.3 is 19.7 Å². The first-order valence-electron chi connectivity index (χ1n) is 20.2. The van der Waals surface area contributed by atoms with Crippen LogP contribution in [0.1, 0.15) is 219 Å². The van der Waals surface area contributed by atoms with Crippen LogP contribution in [0.25, 0.3) is 0 Å². The number of ether oxygens (including phenoxy) is 2. The molecule has 7 heteroatoms. The molecule has 0 aromatic carbocycles. The first kappa shape index (κ1) is 49.0. The monoisotopic (exact) mass is 679 g/mol. The number of carbonyl (C=O) groups is 2. The van der Waals surface area contributed by atoms with Gasteiger partial charge in [0.25, 0.3) is 0 Å². The molecule has 0 aliphatic heterocycles. The number of aliphatic hydroxyl groups excluding tert-OH is 2. The molecule has 0 amide bonds. The van der Waals surface area contributed by atoms with Crippen LogP contribution in [0.3, 0.4) is 0 Å². The molecule has 0 aliphatic rings. The van der Waals surface area contributed by atoms with Crippen LogP contribution < -0.4 is 0 Å². The molecule has 2 N–H and O–H groups in total. The summed E-state index contributed by atoms with van der Waals surface area (Å²) < 4.78 is 10.2. The molecule has 6 nitrogen and oxygen atoms in total. The second kappa shape index (κ2) is 40.3. The number of aliphatic hydroxyl groups is 2. The van der Waals surface area contributed by atoms with E-state index in [0.717, 1.165) is 38.5 Å².